The number of nitrogens with one attached hydrogen (secondary N) is 1. The molecule has 1 atom stereocenters. The van der Waals surface area contributed by atoms with Crippen molar-refractivity contribution in [3.8, 4) is 0 Å². The third-order valence-corrected chi connectivity index (χ3v) is 4.36. The molecule has 0 saturated carbocycles. The van der Waals surface area contributed by atoms with Gasteiger partial charge in [0.25, 0.3) is 0 Å². The summed E-state index contributed by atoms with van der Waals surface area (Å²) in [6.45, 7) is 9.59. The number of hydrogen-bond donors (Lipinski definition) is 2. The number of aryl methyl sites for hydroxylation is 1. The lowest BCUT2D eigenvalue weighted by Gasteiger charge is -2.31. The van der Waals surface area contributed by atoms with Gasteiger partial charge in [-0.15, -0.1) is 0 Å². The lowest BCUT2D eigenvalue weighted by molar-refractivity contribution is 0.110. The second-order valence-electron chi connectivity index (χ2n) is 5.28. The summed E-state index contributed by atoms with van der Waals surface area (Å²) in [5.74, 6) is 0. The lowest BCUT2D eigenvalue weighted by atomic mass is 9.83. The van der Waals surface area contributed by atoms with Crippen LogP contribution in [0.3, 0.4) is 0 Å². The van der Waals surface area contributed by atoms with Crippen LogP contribution in [-0.2, 0) is 7.05 Å². The van der Waals surface area contributed by atoms with E-state index in [0.29, 0.717) is 0 Å². The maximum absolute atomic E-state index is 9.56. The van der Waals surface area contributed by atoms with Crippen LogP contribution >= 0.6 is 0 Å². The highest BCUT2D eigenvalue weighted by Gasteiger charge is 2.26. The predicted molar refractivity (Wildman–Crippen MR) is 74.5 cm³/mol. The van der Waals surface area contributed by atoms with E-state index in [-0.39, 0.29) is 18.1 Å². The average Bonchev–Trinajstić information content (AvgIpc) is 2.72. The number of aliphatic hydroxyl groups excluding tert-OH is 1. The summed E-state index contributed by atoms with van der Waals surface area (Å²) in [5, 5.41) is 17.4. The molecule has 1 heterocycles. The van der Waals surface area contributed by atoms with E-state index in [0.717, 1.165) is 19.4 Å². The molecule has 2 N–H and O–H groups in total. The number of hydrogen-bond acceptors (Lipinski definition) is 3. The van der Waals surface area contributed by atoms with E-state index >= 15 is 0 Å². The molecule has 0 radical (unpaired) electrons. The summed E-state index contributed by atoms with van der Waals surface area (Å²) in [6.07, 6.45) is 3.91. The molecule has 1 aromatic heterocycles. The molecular formula is C14H27N3O. The van der Waals surface area contributed by atoms with Crippen LogP contribution in [0, 0.1) is 12.3 Å². The molecule has 1 unspecified atom stereocenters. The summed E-state index contributed by atoms with van der Waals surface area (Å²) in [6, 6.07) is 0.266. The first-order valence-electron chi connectivity index (χ1n) is 6.82. The molecule has 4 nitrogen and oxygen atoms in total. The van der Waals surface area contributed by atoms with Crippen LogP contribution < -0.4 is 5.32 Å². The molecule has 1 rings (SSSR count). The molecule has 18 heavy (non-hydrogen) atoms. The van der Waals surface area contributed by atoms with E-state index in [2.05, 4.69) is 38.1 Å². The van der Waals surface area contributed by atoms with Gasteiger partial charge in [0, 0.05) is 42.9 Å². The first kappa shape index (κ1) is 15.2. The van der Waals surface area contributed by atoms with Crippen LogP contribution in [0.5, 0.6) is 0 Å². The van der Waals surface area contributed by atoms with Gasteiger partial charge < -0.3 is 10.4 Å². The molecule has 0 amide bonds. The molecular weight excluding hydrogens is 226 g/mol. The Morgan fingerprint density at radius 2 is 2.06 bits per heavy atom. The van der Waals surface area contributed by atoms with Crippen molar-refractivity contribution in [3.05, 3.63) is 17.5 Å². The molecule has 0 aliphatic rings. The monoisotopic (exact) mass is 253 g/mol. The van der Waals surface area contributed by atoms with E-state index in [9.17, 15) is 5.11 Å². The van der Waals surface area contributed by atoms with Crippen LogP contribution in [0.15, 0.2) is 6.20 Å². The summed E-state index contributed by atoms with van der Waals surface area (Å²) >= 11 is 0. The Morgan fingerprint density at radius 3 is 2.44 bits per heavy atom. The first-order chi connectivity index (χ1) is 8.49. The van der Waals surface area contributed by atoms with Crippen molar-refractivity contribution in [2.24, 2.45) is 12.5 Å². The zero-order valence-corrected chi connectivity index (χ0v) is 12.3. The highest BCUT2D eigenvalue weighted by Crippen LogP contribution is 2.26. The minimum atomic E-state index is 0.00434. The van der Waals surface area contributed by atoms with E-state index in [4.69, 9.17) is 0 Å². The Labute approximate surface area is 110 Å². The van der Waals surface area contributed by atoms with Crippen molar-refractivity contribution in [1.82, 2.24) is 15.1 Å². The number of aromatic nitrogens is 2. The fourth-order valence-corrected chi connectivity index (χ4v) is 2.20. The third kappa shape index (κ3) is 3.12. The molecule has 1 aromatic rings. The Hall–Kier alpha value is -0.870. The van der Waals surface area contributed by atoms with Gasteiger partial charge in [-0.2, -0.15) is 5.10 Å². The predicted octanol–water partition coefficient (Wildman–Crippen LogP) is 2.18. The van der Waals surface area contributed by atoms with Gasteiger partial charge >= 0.3 is 0 Å². The van der Waals surface area contributed by atoms with Gasteiger partial charge in [0.05, 0.1) is 6.20 Å². The largest absolute Gasteiger partial charge is 0.396 e. The standard InChI is InChI=1S/C14H27N3O/c1-6-14(7-2,10-18)9-15-11(3)13-8-16-17(5)12(13)4/h8,11,15,18H,6-7,9-10H2,1-5H3. The van der Waals surface area contributed by atoms with Gasteiger partial charge in [-0.3, -0.25) is 4.68 Å². The molecule has 104 valence electrons. The summed E-state index contributed by atoms with van der Waals surface area (Å²) in [4.78, 5) is 0. The quantitative estimate of drug-likeness (QED) is 0.783. The van der Waals surface area contributed by atoms with Gasteiger partial charge in [-0.1, -0.05) is 13.8 Å². The lowest BCUT2D eigenvalue weighted by Crippen LogP contribution is -2.37. The number of rotatable bonds is 7. The van der Waals surface area contributed by atoms with Crippen molar-refractivity contribution in [2.75, 3.05) is 13.2 Å². The smallest absolute Gasteiger partial charge is 0.0540 e. The van der Waals surface area contributed by atoms with E-state index in [1.54, 1.807) is 0 Å². The molecule has 4 heteroatoms. The maximum Gasteiger partial charge on any atom is 0.0540 e. The van der Waals surface area contributed by atoms with Crippen LogP contribution in [0.25, 0.3) is 0 Å². The van der Waals surface area contributed by atoms with Crippen molar-refractivity contribution < 1.29 is 5.11 Å². The third-order valence-electron chi connectivity index (χ3n) is 4.36. The molecule has 0 bridgehead atoms. The second kappa shape index (κ2) is 6.34. The van der Waals surface area contributed by atoms with Gasteiger partial charge in [0.2, 0.25) is 0 Å². The highest BCUT2D eigenvalue weighted by molar-refractivity contribution is 5.19. The molecule has 0 fully saturated rings. The summed E-state index contributed by atoms with van der Waals surface area (Å²) < 4.78 is 1.90. The van der Waals surface area contributed by atoms with Crippen LogP contribution in [0.1, 0.15) is 50.9 Å². The highest BCUT2D eigenvalue weighted by atomic mass is 16.3. The van der Waals surface area contributed by atoms with Gasteiger partial charge in [-0.25, -0.2) is 0 Å². The first-order valence-corrected chi connectivity index (χ1v) is 6.82. The van der Waals surface area contributed by atoms with Crippen LogP contribution in [0.4, 0.5) is 0 Å². The van der Waals surface area contributed by atoms with Crippen molar-refractivity contribution in [2.45, 2.75) is 46.6 Å². The summed E-state index contributed by atoms with van der Waals surface area (Å²) in [5.41, 5.74) is 2.43. The van der Waals surface area contributed by atoms with Crippen molar-refractivity contribution >= 4 is 0 Å². The van der Waals surface area contributed by atoms with Crippen molar-refractivity contribution in [3.63, 3.8) is 0 Å². The van der Waals surface area contributed by atoms with Crippen molar-refractivity contribution in [1.29, 1.82) is 0 Å². The van der Waals surface area contributed by atoms with E-state index in [1.165, 1.54) is 11.3 Å². The molecule has 0 aromatic carbocycles. The topological polar surface area (TPSA) is 50.1 Å². The SMILES string of the molecule is CCC(CC)(CO)CNC(C)c1cnn(C)c1C. The minimum Gasteiger partial charge on any atom is -0.396 e. The second-order valence-corrected chi connectivity index (χ2v) is 5.28. The molecule has 0 spiro atoms. The Bertz CT molecular complexity index is 361. The number of nitrogens with zero attached hydrogens (tertiary/aromatic N) is 2. The molecule has 0 aliphatic heterocycles. The van der Waals surface area contributed by atoms with Crippen LogP contribution in [0.2, 0.25) is 0 Å². The molecule has 0 aliphatic carbocycles. The van der Waals surface area contributed by atoms with E-state index < -0.39 is 0 Å². The Kier molecular flexibility index (Phi) is 5.35. The summed E-state index contributed by atoms with van der Waals surface area (Å²) in [7, 11) is 1.96. The normalized spacial score (nSPS) is 13.9. The maximum atomic E-state index is 9.56. The minimum absolute atomic E-state index is 0.00434. The van der Waals surface area contributed by atoms with E-state index in [1.807, 2.05) is 17.9 Å². The van der Waals surface area contributed by atoms with Gasteiger partial charge in [-0.05, 0) is 26.7 Å². The zero-order chi connectivity index (χ0) is 13.8. The zero-order valence-electron chi connectivity index (χ0n) is 12.3. The fraction of sp³-hybridized carbons (Fsp3) is 0.786. The molecule has 0 saturated heterocycles. The Balaban J connectivity index is 2.66. The fourth-order valence-electron chi connectivity index (χ4n) is 2.20. The van der Waals surface area contributed by atoms with Gasteiger partial charge in [0.1, 0.15) is 0 Å². The Morgan fingerprint density at radius 1 is 1.44 bits per heavy atom. The number of aliphatic hydroxyl groups is 1. The average molecular weight is 253 g/mol. The van der Waals surface area contributed by atoms with Crippen LogP contribution in [-0.4, -0.2) is 28.0 Å². The van der Waals surface area contributed by atoms with Gasteiger partial charge in [0.15, 0.2) is 0 Å².